The van der Waals surface area contributed by atoms with Crippen LogP contribution >= 0.6 is 11.8 Å². The molecule has 2 rings (SSSR count). The summed E-state index contributed by atoms with van der Waals surface area (Å²) >= 11 is 1.65. The van der Waals surface area contributed by atoms with E-state index in [0.717, 1.165) is 36.8 Å². The van der Waals surface area contributed by atoms with Crippen molar-refractivity contribution in [3.8, 4) is 0 Å². The summed E-state index contributed by atoms with van der Waals surface area (Å²) in [6.07, 6.45) is 4.24. The molecule has 0 bridgehead atoms. The third kappa shape index (κ3) is 3.58. The number of carboxylic acids is 1. The zero-order valence-corrected chi connectivity index (χ0v) is 13.7. The molecule has 7 heteroatoms. The van der Waals surface area contributed by atoms with Gasteiger partial charge in [0.1, 0.15) is 11.4 Å². The first-order valence-electron chi connectivity index (χ1n) is 7.49. The molecular formula is C14H24N4O2S. The van der Waals surface area contributed by atoms with Gasteiger partial charge in [-0.05, 0) is 45.6 Å². The Hall–Kier alpha value is -1.08. The van der Waals surface area contributed by atoms with Crippen molar-refractivity contribution in [1.29, 1.82) is 0 Å². The molecule has 1 saturated carbocycles. The third-order valence-corrected chi connectivity index (χ3v) is 5.46. The highest BCUT2D eigenvalue weighted by atomic mass is 32.2. The number of nitrogens with one attached hydrogen (secondary N) is 1. The van der Waals surface area contributed by atoms with Gasteiger partial charge in [0, 0.05) is 12.3 Å². The zero-order chi connectivity index (χ0) is 15.5. The average Bonchev–Trinajstić information content (AvgIpc) is 2.77. The second-order valence-electron chi connectivity index (χ2n) is 5.74. The number of carboxylic acid groups (broad SMARTS) is 1. The monoisotopic (exact) mass is 312 g/mol. The summed E-state index contributed by atoms with van der Waals surface area (Å²) in [6.45, 7) is 4.72. The average molecular weight is 312 g/mol. The molecule has 0 aliphatic heterocycles. The minimum absolute atomic E-state index is 0.265. The predicted octanol–water partition coefficient (Wildman–Crippen LogP) is 1.98. The smallest absolute Gasteiger partial charge is 0.323 e. The van der Waals surface area contributed by atoms with Crippen molar-refractivity contribution >= 4 is 17.7 Å². The second kappa shape index (κ2) is 6.79. The van der Waals surface area contributed by atoms with E-state index < -0.39 is 11.5 Å². The molecule has 0 amide bonds. The van der Waals surface area contributed by atoms with E-state index in [0.29, 0.717) is 12.8 Å². The van der Waals surface area contributed by atoms with Crippen LogP contribution in [0.1, 0.15) is 44.9 Å². The van der Waals surface area contributed by atoms with Gasteiger partial charge < -0.3 is 15.0 Å². The highest BCUT2D eigenvalue weighted by Crippen LogP contribution is 2.38. The van der Waals surface area contributed by atoms with Crippen molar-refractivity contribution in [3.63, 3.8) is 0 Å². The topological polar surface area (TPSA) is 80.0 Å². The highest BCUT2D eigenvalue weighted by Gasteiger charge is 2.43. The van der Waals surface area contributed by atoms with Gasteiger partial charge in [-0.2, -0.15) is 0 Å². The van der Waals surface area contributed by atoms with Crippen molar-refractivity contribution in [1.82, 2.24) is 20.1 Å². The molecule has 0 aromatic carbocycles. The molecule has 2 N–H and O–H groups in total. The van der Waals surface area contributed by atoms with E-state index >= 15 is 0 Å². The summed E-state index contributed by atoms with van der Waals surface area (Å²) in [5.74, 6) is 0.150. The second-order valence-corrected chi connectivity index (χ2v) is 7.01. The maximum Gasteiger partial charge on any atom is 0.323 e. The van der Waals surface area contributed by atoms with Crippen molar-refractivity contribution in [3.05, 3.63) is 5.82 Å². The number of rotatable bonds is 6. The molecule has 0 saturated heterocycles. The standard InChI is InChI=1S/C14H24N4O2S/c1-4-8-15-14(12(19)20)7-5-6-11(9-14)21-13-17-16-10(2)18(13)3/h11,15H,4-9H2,1-3H3,(H,19,20). The van der Waals surface area contributed by atoms with E-state index in [1.165, 1.54) is 0 Å². The van der Waals surface area contributed by atoms with Crippen LogP contribution in [-0.2, 0) is 11.8 Å². The fourth-order valence-corrected chi connectivity index (χ4v) is 4.09. The molecule has 1 aliphatic rings. The Bertz CT molecular complexity index is 505. The molecule has 6 nitrogen and oxygen atoms in total. The van der Waals surface area contributed by atoms with Crippen molar-refractivity contribution in [2.45, 2.75) is 61.9 Å². The Labute approximate surface area is 129 Å². The largest absolute Gasteiger partial charge is 0.480 e. The van der Waals surface area contributed by atoms with E-state index in [9.17, 15) is 9.90 Å². The number of aryl methyl sites for hydroxylation is 1. The van der Waals surface area contributed by atoms with Crippen LogP contribution in [0.25, 0.3) is 0 Å². The summed E-state index contributed by atoms with van der Waals surface area (Å²) in [6, 6.07) is 0. The molecule has 118 valence electrons. The molecule has 21 heavy (non-hydrogen) atoms. The van der Waals surface area contributed by atoms with E-state index in [1.54, 1.807) is 11.8 Å². The first-order valence-corrected chi connectivity index (χ1v) is 8.37. The van der Waals surface area contributed by atoms with Crippen LogP contribution in [-0.4, -0.2) is 43.2 Å². The molecule has 2 unspecified atom stereocenters. The Morgan fingerprint density at radius 3 is 2.90 bits per heavy atom. The maximum atomic E-state index is 11.7. The van der Waals surface area contributed by atoms with Gasteiger partial charge in [0.05, 0.1) is 0 Å². The molecule has 1 fully saturated rings. The molecule has 1 aromatic heterocycles. The van der Waals surface area contributed by atoms with Crippen LogP contribution in [0.2, 0.25) is 0 Å². The van der Waals surface area contributed by atoms with E-state index in [2.05, 4.69) is 22.4 Å². The summed E-state index contributed by atoms with van der Waals surface area (Å²) in [5.41, 5.74) is -0.778. The molecule has 1 aromatic rings. The van der Waals surface area contributed by atoms with Gasteiger partial charge in [-0.15, -0.1) is 10.2 Å². The van der Waals surface area contributed by atoms with Crippen LogP contribution in [0.5, 0.6) is 0 Å². The number of thioether (sulfide) groups is 1. The molecular weight excluding hydrogens is 288 g/mol. The van der Waals surface area contributed by atoms with E-state index in [-0.39, 0.29) is 5.25 Å². The number of aliphatic carboxylic acids is 1. The maximum absolute atomic E-state index is 11.7. The number of hydrogen-bond donors (Lipinski definition) is 2. The van der Waals surface area contributed by atoms with Gasteiger partial charge in [-0.1, -0.05) is 18.7 Å². The molecule has 2 atom stereocenters. The minimum Gasteiger partial charge on any atom is -0.480 e. The SMILES string of the molecule is CCCNC1(C(=O)O)CCCC(Sc2nnc(C)n2C)C1. The van der Waals surface area contributed by atoms with E-state index in [4.69, 9.17) is 0 Å². The first kappa shape index (κ1) is 16.3. The number of nitrogens with zero attached hydrogens (tertiary/aromatic N) is 3. The van der Waals surface area contributed by atoms with Gasteiger partial charge in [0.25, 0.3) is 0 Å². The van der Waals surface area contributed by atoms with Crippen LogP contribution in [0.15, 0.2) is 5.16 Å². The Morgan fingerprint density at radius 2 is 2.33 bits per heavy atom. The molecule has 1 aliphatic carbocycles. The van der Waals surface area contributed by atoms with Gasteiger partial charge in [-0.25, -0.2) is 0 Å². The lowest BCUT2D eigenvalue weighted by atomic mass is 9.81. The molecule has 0 spiro atoms. The lowest BCUT2D eigenvalue weighted by Gasteiger charge is -2.38. The third-order valence-electron chi connectivity index (χ3n) is 4.15. The van der Waals surface area contributed by atoms with Crippen molar-refractivity contribution in [2.75, 3.05) is 6.54 Å². The quantitative estimate of drug-likeness (QED) is 0.836. The van der Waals surface area contributed by atoms with Crippen molar-refractivity contribution in [2.24, 2.45) is 7.05 Å². The van der Waals surface area contributed by atoms with Gasteiger partial charge in [-0.3, -0.25) is 4.79 Å². The van der Waals surface area contributed by atoms with Crippen LogP contribution in [0.4, 0.5) is 0 Å². The fourth-order valence-electron chi connectivity index (χ4n) is 2.76. The normalized spacial score (nSPS) is 26.0. The predicted molar refractivity (Wildman–Crippen MR) is 82.5 cm³/mol. The lowest BCUT2D eigenvalue weighted by Crippen LogP contribution is -2.55. The summed E-state index contributed by atoms with van der Waals surface area (Å²) in [7, 11) is 1.94. The Balaban J connectivity index is 2.08. The summed E-state index contributed by atoms with van der Waals surface area (Å²) in [4.78, 5) is 11.7. The molecule has 1 heterocycles. The van der Waals surface area contributed by atoms with Crippen LogP contribution in [0, 0.1) is 6.92 Å². The number of aromatic nitrogens is 3. The number of carbonyl (C=O) groups is 1. The lowest BCUT2D eigenvalue weighted by molar-refractivity contribution is -0.146. The summed E-state index contributed by atoms with van der Waals surface area (Å²) < 4.78 is 1.96. The Morgan fingerprint density at radius 1 is 1.57 bits per heavy atom. The van der Waals surface area contributed by atoms with Gasteiger partial charge in [0.15, 0.2) is 5.16 Å². The number of hydrogen-bond acceptors (Lipinski definition) is 5. The fraction of sp³-hybridized carbons (Fsp3) is 0.786. The van der Waals surface area contributed by atoms with Crippen LogP contribution in [0.3, 0.4) is 0 Å². The zero-order valence-electron chi connectivity index (χ0n) is 12.9. The highest BCUT2D eigenvalue weighted by molar-refractivity contribution is 7.99. The van der Waals surface area contributed by atoms with E-state index in [1.807, 2.05) is 18.5 Å². The van der Waals surface area contributed by atoms with Crippen molar-refractivity contribution < 1.29 is 9.90 Å². The van der Waals surface area contributed by atoms with Gasteiger partial charge >= 0.3 is 5.97 Å². The van der Waals surface area contributed by atoms with Gasteiger partial charge in [0.2, 0.25) is 0 Å². The molecule has 0 radical (unpaired) electrons. The minimum atomic E-state index is -0.778. The Kier molecular flexibility index (Phi) is 5.27. The summed E-state index contributed by atoms with van der Waals surface area (Å²) in [5, 5.41) is 22.3. The van der Waals surface area contributed by atoms with Crippen LogP contribution < -0.4 is 5.32 Å². The first-order chi connectivity index (χ1) is 9.98.